The van der Waals surface area contributed by atoms with Crippen LogP contribution in [0.2, 0.25) is 0 Å². The van der Waals surface area contributed by atoms with Gasteiger partial charge in [0.25, 0.3) is 5.91 Å². The molecule has 1 aliphatic rings. The van der Waals surface area contributed by atoms with Gasteiger partial charge in [0, 0.05) is 36.7 Å². The highest BCUT2D eigenvalue weighted by Gasteiger charge is 2.39. The highest BCUT2D eigenvalue weighted by atomic mass is 19.4. The molecule has 1 heterocycles. The molecule has 0 bridgehead atoms. The van der Waals surface area contributed by atoms with E-state index in [2.05, 4.69) is 15.7 Å². The highest BCUT2D eigenvalue weighted by Crippen LogP contribution is 2.33. The number of methoxy groups -OCH3 is 1. The summed E-state index contributed by atoms with van der Waals surface area (Å²) in [6.07, 6.45) is -1.49. The predicted octanol–water partition coefficient (Wildman–Crippen LogP) is 4.44. The van der Waals surface area contributed by atoms with Crippen LogP contribution in [0, 0.1) is 11.8 Å². The van der Waals surface area contributed by atoms with E-state index in [4.69, 9.17) is 4.74 Å². The fraction of sp³-hybridized carbons (Fsp3) is 0.357. The van der Waals surface area contributed by atoms with Crippen LogP contribution in [0.1, 0.15) is 52.1 Å². The van der Waals surface area contributed by atoms with Crippen molar-refractivity contribution >= 4 is 17.6 Å². The normalized spacial score (nSPS) is 17.3. The van der Waals surface area contributed by atoms with Gasteiger partial charge in [-0.1, -0.05) is 42.5 Å². The second-order valence-corrected chi connectivity index (χ2v) is 9.33. The van der Waals surface area contributed by atoms with Crippen molar-refractivity contribution in [3.05, 3.63) is 77.6 Å². The van der Waals surface area contributed by atoms with Gasteiger partial charge in [-0.15, -0.1) is 0 Å². The smallest absolute Gasteiger partial charge is 0.435 e. The molecule has 0 aliphatic heterocycles. The van der Waals surface area contributed by atoms with E-state index < -0.39 is 23.3 Å². The predicted molar refractivity (Wildman–Crippen MR) is 137 cm³/mol. The zero-order valence-electron chi connectivity index (χ0n) is 21.3. The highest BCUT2D eigenvalue weighted by molar-refractivity contribution is 5.98. The molecular formula is C28H29F3N4O4. The summed E-state index contributed by atoms with van der Waals surface area (Å²) in [4.78, 5) is 37.9. The summed E-state index contributed by atoms with van der Waals surface area (Å²) in [6, 6.07) is 15.4. The van der Waals surface area contributed by atoms with Crippen LogP contribution in [-0.2, 0) is 11.0 Å². The zero-order chi connectivity index (χ0) is 28.0. The number of para-hydroxylation sites is 2. The number of hydrogen-bond acceptors (Lipinski definition) is 5. The number of benzene rings is 2. The number of carbonyl (C=O) groups excluding carboxylic acids is 3. The van der Waals surface area contributed by atoms with E-state index >= 15 is 0 Å². The van der Waals surface area contributed by atoms with E-state index in [1.54, 1.807) is 30.3 Å². The van der Waals surface area contributed by atoms with Crippen molar-refractivity contribution in [2.75, 3.05) is 20.2 Å². The number of amides is 2. The number of alkyl halides is 3. The van der Waals surface area contributed by atoms with E-state index in [-0.39, 0.29) is 42.3 Å². The third-order valence-corrected chi connectivity index (χ3v) is 6.80. The number of aromatic nitrogens is 2. The minimum absolute atomic E-state index is 0.0510. The molecule has 3 aromatic rings. The Labute approximate surface area is 223 Å². The van der Waals surface area contributed by atoms with Gasteiger partial charge in [-0.3, -0.25) is 14.4 Å². The Kier molecular flexibility index (Phi) is 8.68. The fourth-order valence-electron chi connectivity index (χ4n) is 4.75. The van der Waals surface area contributed by atoms with Crippen LogP contribution in [0.3, 0.4) is 0 Å². The third kappa shape index (κ3) is 6.65. The summed E-state index contributed by atoms with van der Waals surface area (Å²) < 4.78 is 47.0. The van der Waals surface area contributed by atoms with Gasteiger partial charge in [0.05, 0.1) is 12.7 Å². The van der Waals surface area contributed by atoms with Crippen LogP contribution in [-0.4, -0.2) is 47.6 Å². The average molecular weight is 543 g/mol. The third-order valence-electron chi connectivity index (χ3n) is 6.80. The van der Waals surface area contributed by atoms with Crippen molar-refractivity contribution in [2.24, 2.45) is 11.8 Å². The number of halogens is 3. The van der Waals surface area contributed by atoms with Gasteiger partial charge < -0.3 is 15.4 Å². The van der Waals surface area contributed by atoms with E-state index in [9.17, 15) is 27.6 Å². The molecule has 8 nitrogen and oxygen atoms in total. The first-order valence-corrected chi connectivity index (χ1v) is 12.6. The Balaban J connectivity index is 1.29. The van der Waals surface area contributed by atoms with Gasteiger partial charge in [-0.2, -0.15) is 18.3 Å². The summed E-state index contributed by atoms with van der Waals surface area (Å²) >= 11 is 0. The number of nitrogens with one attached hydrogen (secondary N) is 2. The van der Waals surface area contributed by atoms with Gasteiger partial charge >= 0.3 is 6.18 Å². The molecule has 0 atom stereocenters. The lowest BCUT2D eigenvalue weighted by atomic mass is 9.78. The zero-order valence-corrected chi connectivity index (χ0v) is 21.3. The van der Waals surface area contributed by atoms with Crippen molar-refractivity contribution in [1.82, 2.24) is 20.4 Å². The van der Waals surface area contributed by atoms with Gasteiger partial charge in [-0.25, -0.2) is 4.68 Å². The second-order valence-electron chi connectivity index (χ2n) is 9.33. The maximum absolute atomic E-state index is 13.6. The SMILES string of the molecule is COc1ccccc1-n1cc(C(=O)NCCNC(=O)C2CCC(C(=O)c3ccccc3)CC2)c(C(F)(F)F)n1. The number of rotatable bonds is 9. The molecule has 1 saturated carbocycles. The molecule has 2 N–H and O–H groups in total. The summed E-state index contributed by atoms with van der Waals surface area (Å²) in [6.45, 7) is -0.0149. The summed E-state index contributed by atoms with van der Waals surface area (Å²) in [5.41, 5.74) is -1.04. The Morgan fingerprint density at radius 1 is 0.923 bits per heavy atom. The largest absolute Gasteiger partial charge is 0.494 e. The molecule has 1 aliphatic carbocycles. The van der Waals surface area contributed by atoms with E-state index in [0.717, 1.165) is 10.9 Å². The maximum atomic E-state index is 13.6. The van der Waals surface area contributed by atoms with Crippen LogP contribution >= 0.6 is 0 Å². The lowest BCUT2D eigenvalue weighted by molar-refractivity contribution is -0.141. The molecule has 4 rings (SSSR count). The minimum atomic E-state index is -4.85. The molecular weight excluding hydrogens is 513 g/mol. The number of hydrogen-bond donors (Lipinski definition) is 2. The van der Waals surface area contributed by atoms with Crippen LogP contribution < -0.4 is 15.4 Å². The van der Waals surface area contributed by atoms with Gasteiger partial charge in [0.2, 0.25) is 5.91 Å². The molecule has 11 heteroatoms. The Hall–Kier alpha value is -4.15. The molecule has 2 amide bonds. The van der Waals surface area contributed by atoms with Crippen LogP contribution in [0.4, 0.5) is 13.2 Å². The lowest BCUT2D eigenvalue weighted by Crippen LogP contribution is -2.39. The van der Waals surface area contributed by atoms with Crippen molar-refractivity contribution in [3.63, 3.8) is 0 Å². The van der Waals surface area contributed by atoms with Gasteiger partial charge in [-0.05, 0) is 37.8 Å². The standard InChI is InChI=1S/C28H29F3N4O4/c1-39-23-10-6-5-9-22(23)35-17-21(25(34-35)28(29,30)31)27(38)33-16-15-32-26(37)20-13-11-19(12-14-20)24(36)18-7-3-2-4-8-18/h2-10,17,19-20H,11-16H2,1H3,(H,32,37)(H,33,38). The molecule has 39 heavy (non-hydrogen) atoms. The first-order chi connectivity index (χ1) is 18.7. The first-order valence-electron chi connectivity index (χ1n) is 12.6. The van der Waals surface area contributed by atoms with Crippen LogP contribution in [0.25, 0.3) is 5.69 Å². The maximum Gasteiger partial charge on any atom is 0.435 e. The number of ether oxygens (including phenoxy) is 1. The van der Waals surface area contributed by atoms with Crippen molar-refractivity contribution in [1.29, 1.82) is 0 Å². The van der Waals surface area contributed by atoms with Crippen molar-refractivity contribution < 1.29 is 32.3 Å². The summed E-state index contributed by atoms with van der Waals surface area (Å²) in [5.74, 6) is -1.15. The molecule has 0 saturated heterocycles. The van der Waals surface area contributed by atoms with Gasteiger partial charge in [0.15, 0.2) is 11.5 Å². The number of ketones is 1. The molecule has 1 fully saturated rings. The summed E-state index contributed by atoms with van der Waals surface area (Å²) in [5, 5.41) is 8.74. The summed E-state index contributed by atoms with van der Waals surface area (Å²) in [7, 11) is 1.38. The molecule has 0 spiro atoms. The second kappa shape index (κ2) is 12.1. The van der Waals surface area contributed by atoms with E-state index in [1.807, 2.05) is 18.2 Å². The Bertz CT molecular complexity index is 1320. The fourth-order valence-corrected chi connectivity index (χ4v) is 4.75. The Morgan fingerprint density at radius 3 is 2.21 bits per heavy atom. The molecule has 0 unspecified atom stereocenters. The van der Waals surface area contributed by atoms with Crippen molar-refractivity contribution in [3.8, 4) is 11.4 Å². The number of nitrogens with zero attached hydrogens (tertiary/aromatic N) is 2. The topological polar surface area (TPSA) is 102 Å². The lowest BCUT2D eigenvalue weighted by Gasteiger charge is -2.27. The van der Waals surface area contributed by atoms with E-state index in [1.165, 1.54) is 13.2 Å². The number of carbonyl (C=O) groups is 3. The first kappa shape index (κ1) is 27.9. The van der Waals surface area contributed by atoms with E-state index in [0.29, 0.717) is 37.0 Å². The quantitative estimate of drug-likeness (QED) is 0.308. The molecule has 1 aromatic heterocycles. The van der Waals surface area contributed by atoms with Crippen molar-refractivity contribution in [2.45, 2.75) is 31.9 Å². The molecule has 2 aromatic carbocycles. The Morgan fingerprint density at radius 2 is 1.54 bits per heavy atom. The minimum Gasteiger partial charge on any atom is -0.494 e. The average Bonchev–Trinajstić information content (AvgIpc) is 3.42. The van der Waals surface area contributed by atoms with Gasteiger partial charge in [0.1, 0.15) is 11.4 Å². The molecule has 206 valence electrons. The monoisotopic (exact) mass is 542 g/mol. The molecule has 0 radical (unpaired) electrons. The van der Waals surface area contributed by atoms with Crippen LogP contribution in [0.15, 0.2) is 60.8 Å². The van der Waals surface area contributed by atoms with Crippen LogP contribution in [0.5, 0.6) is 5.75 Å². The number of Topliss-reactive ketones (excluding diaryl/α,β-unsaturated/α-hetero) is 1.